The Hall–Kier alpha value is -3.08. The van der Waals surface area contributed by atoms with Crippen LogP contribution in [0.5, 0.6) is 11.5 Å². The van der Waals surface area contributed by atoms with Crippen LogP contribution in [0.1, 0.15) is 48.3 Å². The van der Waals surface area contributed by atoms with E-state index in [-0.39, 0.29) is 17.5 Å². The second-order valence-corrected chi connectivity index (χ2v) is 8.63. The molecule has 2 aromatic carbocycles. The number of ether oxygens (including phenoxy) is 2. The van der Waals surface area contributed by atoms with E-state index in [1.807, 2.05) is 0 Å². The van der Waals surface area contributed by atoms with Crippen LogP contribution in [0, 0.1) is 5.82 Å². The third-order valence-corrected chi connectivity index (χ3v) is 6.76. The summed E-state index contributed by atoms with van der Waals surface area (Å²) in [5, 5.41) is 0. The Labute approximate surface area is 181 Å². The molecule has 2 aromatic rings. The Morgan fingerprint density at radius 3 is 2.52 bits per heavy atom. The SMILES string of the molecule is O=C1CCCC2=C1[C@H](c1ccc(F)cc1)C=C1c3cc4c(cc3CCN12)OCCCO4. The predicted molar refractivity (Wildman–Crippen MR) is 115 cm³/mol. The highest BCUT2D eigenvalue weighted by Gasteiger charge is 2.38. The zero-order valence-corrected chi connectivity index (χ0v) is 17.3. The van der Waals surface area contributed by atoms with E-state index in [0.717, 1.165) is 71.8 Å². The van der Waals surface area contributed by atoms with Gasteiger partial charge in [0.2, 0.25) is 0 Å². The Bertz CT molecular complexity index is 1130. The molecule has 1 aliphatic carbocycles. The van der Waals surface area contributed by atoms with Crippen molar-refractivity contribution in [2.24, 2.45) is 0 Å². The molecule has 6 rings (SSSR count). The van der Waals surface area contributed by atoms with Gasteiger partial charge in [0.15, 0.2) is 17.3 Å². The molecule has 0 fully saturated rings. The first-order valence-electron chi connectivity index (χ1n) is 11.1. The summed E-state index contributed by atoms with van der Waals surface area (Å²) in [5.41, 5.74) is 6.50. The lowest BCUT2D eigenvalue weighted by atomic mass is 9.77. The molecule has 0 amide bonds. The Morgan fingerprint density at radius 1 is 0.935 bits per heavy atom. The van der Waals surface area contributed by atoms with Gasteiger partial charge in [-0.25, -0.2) is 4.39 Å². The van der Waals surface area contributed by atoms with Gasteiger partial charge in [-0.05, 0) is 60.7 Å². The number of allylic oxidation sites excluding steroid dienone is 3. The first-order chi connectivity index (χ1) is 15.2. The minimum absolute atomic E-state index is 0.156. The summed E-state index contributed by atoms with van der Waals surface area (Å²) in [4.78, 5) is 15.3. The van der Waals surface area contributed by atoms with Crippen LogP contribution in [0.4, 0.5) is 4.39 Å². The minimum atomic E-state index is -0.263. The molecule has 0 N–H and O–H groups in total. The molecule has 4 nitrogen and oxygen atoms in total. The minimum Gasteiger partial charge on any atom is -0.490 e. The number of Topliss-reactive ketones (excluding diaryl/α,β-unsaturated/α-hetero) is 1. The number of halogens is 1. The van der Waals surface area contributed by atoms with E-state index in [0.29, 0.717) is 19.6 Å². The maximum atomic E-state index is 13.6. The summed E-state index contributed by atoms with van der Waals surface area (Å²) in [6.45, 7) is 2.17. The molecule has 0 saturated heterocycles. The van der Waals surface area contributed by atoms with Crippen LogP contribution < -0.4 is 9.47 Å². The monoisotopic (exact) mass is 417 g/mol. The number of carbonyl (C=O) groups is 1. The third-order valence-electron chi connectivity index (χ3n) is 6.76. The molecule has 0 unspecified atom stereocenters. The number of fused-ring (bicyclic) bond motifs is 5. The smallest absolute Gasteiger partial charge is 0.161 e. The fourth-order valence-electron chi connectivity index (χ4n) is 5.31. The first kappa shape index (κ1) is 18.7. The molecule has 5 heteroatoms. The molecule has 0 aromatic heterocycles. The highest BCUT2D eigenvalue weighted by Crippen LogP contribution is 2.48. The van der Waals surface area contributed by atoms with Crippen molar-refractivity contribution in [1.82, 2.24) is 4.90 Å². The molecule has 1 atom stereocenters. The van der Waals surface area contributed by atoms with E-state index in [2.05, 4.69) is 23.1 Å². The number of carbonyl (C=O) groups excluding carboxylic acids is 1. The van der Waals surface area contributed by atoms with Gasteiger partial charge in [-0.2, -0.15) is 0 Å². The van der Waals surface area contributed by atoms with Gasteiger partial charge in [0.25, 0.3) is 0 Å². The largest absolute Gasteiger partial charge is 0.490 e. The van der Waals surface area contributed by atoms with E-state index < -0.39 is 0 Å². The van der Waals surface area contributed by atoms with Crippen molar-refractivity contribution in [2.75, 3.05) is 19.8 Å². The summed E-state index contributed by atoms with van der Waals surface area (Å²) in [6.07, 6.45) is 6.33. The van der Waals surface area contributed by atoms with Crippen molar-refractivity contribution in [2.45, 2.75) is 38.0 Å². The Morgan fingerprint density at radius 2 is 1.71 bits per heavy atom. The van der Waals surface area contributed by atoms with Gasteiger partial charge in [0.05, 0.1) is 13.2 Å². The maximum absolute atomic E-state index is 13.6. The van der Waals surface area contributed by atoms with Crippen molar-refractivity contribution >= 4 is 11.5 Å². The average Bonchev–Trinajstić information content (AvgIpc) is 3.02. The van der Waals surface area contributed by atoms with Crippen molar-refractivity contribution in [3.8, 4) is 11.5 Å². The maximum Gasteiger partial charge on any atom is 0.161 e. The highest BCUT2D eigenvalue weighted by atomic mass is 19.1. The van der Waals surface area contributed by atoms with Crippen molar-refractivity contribution < 1.29 is 18.7 Å². The number of benzene rings is 2. The number of rotatable bonds is 1. The molecule has 31 heavy (non-hydrogen) atoms. The summed E-state index contributed by atoms with van der Waals surface area (Å²) in [5.74, 6) is 1.41. The van der Waals surface area contributed by atoms with Crippen LogP contribution in [0.2, 0.25) is 0 Å². The van der Waals surface area contributed by atoms with E-state index in [4.69, 9.17) is 9.47 Å². The molecule has 158 valence electrons. The summed E-state index contributed by atoms with van der Waals surface area (Å²) >= 11 is 0. The molecular weight excluding hydrogens is 393 g/mol. The van der Waals surface area contributed by atoms with Crippen LogP contribution in [0.15, 0.2) is 53.7 Å². The van der Waals surface area contributed by atoms with Crippen molar-refractivity contribution in [3.63, 3.8) is 0 Å². The lowest BCUT2D eigenvalue weighted by molar-refractivity contribution is -0.116. The topological polar surface area (TPSA) is 38.8 Å². The van der Waals surface area contributed by atoms with E-state index in [1.54, 1.807) is 12.1 Å². The highest BCUT2D eigenvalue weighted by molar-refractivity contribution is 6.00. The number of ketones is 1. The molecular formula is C26H24FNO3. The second kappa shape index (κ2) is 7.26. The van der Waals surface area contributed by atoms with E-state index >= 15 is 0 Å². The summed E-state index contributed by atoms with van der Waals surface area (Å²) < 4.78 is 25.5. The van der Waals surface area contributed by atoms with E-state index in [1.165, 1.54) is 17.7 Å². The van der Waals surface area contributed by atoms with Crippen LogP contribution in [0.25, 0.3) is 5.70 Å². The van der Waals surface area contributed by atoms with Gasteiger partial charge < -0.3 is 14.4 Å². The lowest BCUT2D eigenvalue weighted by Crippen LogP contribution is -2.36. The molecule has 0 saturated carbocycles. The fourth-order valence-corrected chi connectivity index (χ4v) is 5.31. The van der Waals surface area contributed by atoms with Gasteiger partial charge in [-0.1, -0.05) is 12.1 Å². The Kier molecular flexibility index (Phi) is 4.37. The van der Waals surface area contributed by atoms with Crippen LogP contribution in [-0.2, 0) is 11.2 Å². The number of hydrogen-bond acceptors (Lipinski definition) is 4. The number of nitrogens with zero attached hydrogens (tertiary/aromatic N) is 1. The van der Waals surface area contributed by atoms with E-state index in [9.17, 15) is 9.18 Å². The summed E-state index contributed by atoms with van der Waals surface area (Å²) in [7, 11) is 0. The molecule has 3 heterocycles. The second-order valence-electron chi connectivity index (χ2n) is 8.63. The molecule has 0 radical (unpaired) electrons. The molecule has 0 bridgehead atoms. The van der Waals surface area contributed by atoms with Gasteiger partial charge in [0.1, 0.15) is 5.82 Å². The molecule has 0 spiro atoms. The number of hydrogen-bond donors (Lipinski definition) is 0. The predicted octanol–water partition coefficient (Wildman–Crippen LogP) is 4.99. The quantitative estimate of drug-likeness (QED) is 0.655. The first-order valence-corrected chi connectivity index (χ1v) is 11.1. The van der Waals surface area contributed by atoms with Crippen molar-refractivity contribution in [3.05, 3.63) is 76.3 Å². The summed E-state index contributed by atoms with van der Waals surface area (Å²) in [6, 6.07) is 10.8. The van der Waals surface area contributed by atoms with Crippen LogP contribution in [0.3, 0.4) is 0 Å². The van der Waals surface area contributed by atoms with Crippen molar-refractivity contribution in [1.29, 1.82) is 0 Å². The van der Waals surface area contributed by atoms with Crippen LogP contribution >= 0.6 is 0 Å². The zero-order valence-electron chi connectivity index (χ0n) is 17.3. The van der Waals surface area contributed by atoms with Gasteiger partial charge in [-0.15, -0.1) is 0 Å². The lowest BCUT2D eigenvalue weighted by Gasteiger charge is -2.42. The van der Waals surface area contributed by atoms with Gasteiger partial charge in [0, 0.05) is 47.8 Å². The normalized spacial score (nSPS) is 22.2. The zero-order chi connectivity index (χ0) is 20.9. The Balaban J connectivity index is 1.51. The van der Waals surface area contributed by atoms with Gasteiger partial charge >= 0.3 is 0 Å². The van der Waals surface area contributed by atoms with Gasteiger partial charge in [-0.3, -0.25) is 4.79 Å². The average molecular weight is 417 g/mol. The van der Waals surface area contributed by atoms with Crippen LogP contribution in [-0.4, -0.2) is 30.4 Å². The molecule has 4 aliphatic rings. The molecule has 3 aliphatic heterocycles. The third kappa shape index (κ3) is 3.06. The fraction of sp³-hybridized carbons (Fsp3) is 0.346. The standard InChI is InChI=1S/C26H24FNO3/c27-18-7-5-16(6-8-18)20-14-22-19-15-25-24(30-11-2-12-31-25)13-17(19)9-10-28(22)21-3-1-4-23(29)26(20)21/h5-8,13-15,20H,1-4,9-12H2/t20-/m0/s1.